The molecule has 0 bridgehead atoms. The first-order valence-corrected chi connectivity index (χ1v) is 10.7. The van der Waals surface area contributed by atoms with Crippen molar-refractivity contribution < 1.29 is 14.2 Å². The van der Waals surface area contributed by atoms with Crippen molar-refractivity contribution in [3.63, 3.8) is 0 Å². The van der Waals surface area contributed by atoms with Crippen LogP contribution < -0.4 is 16.5 Å². The summed E-state index contributed by atoms with van der Waals surface area (Å²) in [6.45, 7) is 6.78. The zero-order valence-corrected chi connectivity index (χ0v) is 18.4. The second kappa shape index (κ2) is 8.93. The van der Waals surface area contributed by atoms with E-state index in [0.717, 1.165) is 11.9 Å². The lowest BCUT2D eigenvalue weighted by Crippen LogP contribution is -2.42. The van der Waals surface area contributed by atoms with E-state index in [1.807, 2.05) is 18.4 Å². The topological polar surface area (TPSA) is 115 Å². The molecule has 1 aliphatic heterocycles. The van der Waals surface area contributed by atoms with Gasteiger partial charge in [-0.1, -0.05) is 6.07 Å². The fourth-order valence-corrected chi connectivity index (χ4v) is 4.27. The summed E-state index contributed by atoms with van der Waals surface area (Å²) in [5.74, 6) is -0.354. The van der Waals surface area contributed by atoms with E-state index in [-0.39, 0.29) is 42.3 Å². The lowest BCUT2D eigenvalue weighted by atomic mass is 10.0. The van der Waals surface area contributed by atoms with Crippen LogP contribution in [0.3, 0.4) is 0 Å². The highest BCUT2D eigenvalue weighted by Crippen LogP contribution is 2.28. The molecule has 4 rings (SSSR count). The summed E-state index contributed by atoms with van der Waals surface area (Å²) in [5, 5.41) is 13.7. The van der Waals surface area contributed by atoms with Gasteiger partial charge < -0.3 is 25.5 Å². The number of nitrogens with two attached hydrogens (primary N) is 1. The van der Waals surface area contributed by atoms with E-state index >= 15 is 0 Å². The van der Waals surface area contributed by atoms with Crippen LogP contribution in [0.4, 0.5) is 10.3 Å². The Bertz CT molecular complexity index is 1210. The van der Waals surface area contributed by atoms with Crippen molar-refractivity contribution in [2.75, 3.05) is 18.5 Å². The normalized spacial score (nSPS) is 19.0. The number of aromatic nitrogens is 3. The zero-order chi connectivity index (χ0) is 23.0. The van der Waals surface area contributed by atoms with Crippen LogP contribution in [0.25, 0.3) is 22.2 Å². The number of rotatable bonds is 5. The molecule has 3 aromatic rings. The van der Waals surface area contributed by atoms with E-state index in [2.05, 4.69) is 15.3 Å². The number of benzene rings is 1. The highest BCUT2D eigenvalue weighted by atomic mass is 19.1. The monoisotopic (exact) mass is 441 g/mol. The van der Waals surface area contributed by atoms with E-state index in [0.29, 0.717) is 35.1 Å². The summed E-state index contributed by atoms with van der Waals surface area (Å²) in [5.41, 5.74) is 8.58. The van der Waals surface area contributed by atoms with E-state index in [4.69, 9.17) is 10.5 Å². The van der Waals surface area contributed by atoms with Gasteiger partial charge in [-0.3, -0.25) is 4.79 Å². The highest BCUT2D eigenvalue weighted by Gasteiger charge is 2.25. The molecule has 0 radical (unpaired) electrons. The van der Waals surface area contributed by atoms with E-state index < -0.39 is 11.9 Å². The number of nitrogens with one attached hydrogen (secondary N) is 1. The predicted molar refractivity (Wildman–Crippen MR) is 121 cm³/mol. The number of aliphatic hydroxyl groups is 1. The van der Waals surface area contributed by atoms with E-state index in [1.165, 1.54) is 0 Å². The molecular weight excluding hydrogens is 413 g/mol. The number of aliphatic hydroxyl groups excluding tert-OH is 1. The first-order valence-electron chi connectivity index (χ1n) is 10.7. The second-order valence-corrected chi connectivity index (χ2v) is 8.37. The molecule has 0 aliphatic carbocycles. The van der Waals surface area contributed by atoms with Crippen LogP contribution in [0.15, 0.2) is 29.2 Å². The Hall–Kier alpha value is -2.88. The Morgan fingerprint density at radius 3 is 2.88 bits per heavy atom. The van der Waals surface area contributed by atoms with Crippen LogP contribution in [0, 0.1) is 12.7 Å². The number of halogens is 1. The van der Waals surface area contributed by atoms with Gasteiger partial charge in [0.2, 0.25) is 5.95 Å². The summed E-state index contributed by atoms with van der Waals surface area (Å²) in [4.78, 5) is 21.3. The molecule has 3 heterocycles. The minimum atomic E-state index is -0.695. The lowest BCUT2D eigenvalue weighted by molar-refractivity contribution is -0.0136. The van der Waals surface area contributed by atoms with Gasteiger partial charge in [-0.25, -0.2) is 14.4 Å². The van der Waals surface area contributed by atoms with E-state index in [9.17, 15) is 14.3 Å². The molecule has 1 aliphatic rings. The van der Waals surface area contributed by atoms with Crippen LogP contribution in [0.2, 0.25) is 0 Å². The Balaban J connectivity index is 1.82. The van der Waals surface area contributed by atoms with Gasteiger partial charge in [0.1, 0.15) is 5.69 Å². The largest absolute Gasteiger partial charge is 0.389 e. The minimum Gasteiger partial charge on any atom is -0.389 e. The van der Waals surface area contributed by atoms with Gasteiger partial charge in [0.15, 0.2) is 11.2 Å². The summed E-state index contributed by atoms with van der Waals surface area (Å²) in [6.07, 6.45) is 1.01. The van der Waals surface area contributed by atoms with Gasteiger partial charge in [-0.15, -0.1) is 0 Å². The molecular formula is C23H28FN5O3. The number of anilines is 1. The van der Waals surface area contributed by atoms with Gasteiger partial charge in [0, 0.05) is 41.4 Å². The molecule has 32 heavy (non-hydrogen) atoms. The number of hydrogen-bond donors (Lipinski definition) is 3. The maximum Gasteiger partial charge on any atom is 0.223 e. The van der Waals surface area contributed by atoms with Crippen molar-refractivity contribution in [3.05, 3.63) is 51.7 Å². The SMILES string of the molecule is Cc1c(CN)n(C(C)C)c2cc(-c3nc(N[C@@H]4CCOC[C@H]4O)ncc3F)ccc2c1=O. The van der Waals surface area contributed by atoms with Crippen molar-refractivity contribution >= 4 is 16.9 Å². The molecule has 0 unspecified atom stereocenters. The Labute approximate surface area is 185 Å². The predicted octanol–water partition coefficient (Wildman–Crippen LogP) is 2.51. The van der Waals surface area contributed by atoms with Crippen molar-refractivity contribution in [1.29, 1.82) is 0 Å². The molecule has 8 nitrogen and oxygen atoms in total. The van der Waals surface area contributed by atoms with Crippen molar-refractivity contribution in [1.82, 2.24) is 14.5 Å². The number of ether oxygens (including phenoxy) is 1. The third kappa shape index (κ3) is 3.99. The van der Waals surface area contributed by atoms with Crippen LogP contribution >= 0.6 is 0 Å². The van der Waals surface area contributed by atoms with Crippen molar-refractivity contribution in [3.8, 4) is 11.3 Å². The standard InChI is InChI=1S/C23H28FN5O3/c1-12(2)29-18-8-14(4-5-15(18)22(31)13(3)19(29)9-25)21-16(24)10-26-23(28-21)27-17-6-7-32-11-20(17)30/h4-5,8,10,12,17,20,30H,6-7,9,11,25H2,1-3H3,(H,26,27,28)/t17-,20-/m1/s1. The number of fused-ring (bicyclic) bond motifs is 1. The molecule has 1 aromatic carbocycles. The molecule has 0 amide bonds. The van der Waals surface area contributed by atoms with Crippen LogP contribution in [-0.2, 0) is 11.3 Å². The molecule has 1 saturated heterocycles. The summed E-state index contributed by atoms with van der Waals surface area (Å²) < 4.78 is 22.0. The lowest BCUT2D eigenvalue weighted by Gasteiger charge is -2.28. The Kier molecular flexibility index (Phi) is 6.23. The fraction of sp³-hybridized carbons (Fsp3) is 0.435. The molecule has 0 spiro atoms. The molecule has 1 fully saturated rings. The maximum atomic E-state index is 14.7. The minimum absolute atomic E-state index is 0.0491. The van der Waals surface area contributed by atoms with Gasteiger partial charge in [0.25, 0.3) is 0 Å². The highest BCUT2D eigenvalue weighted by molar-refractivity contribution is 5.85. The van der Waals surface area contributed by atoms with Gasteiger partial charge in [0.05, 0.1) is 30.5 Å². The first-order chi connectivity index (χ1) is 15.3. The van der Waals surface area contributed by atoms with Gasteiger partial charge >= 0.3 is 0 Å². The number of hydrogen-bond acceptors (Lipinski definition) is 7. The van der Waals surface area contributed by atoms with Crippen molar-refractivity contribution in [2.45, 2.75) is 51.9 Å². The molecule has 4 N–H and O–H groups in total. The zero-order valence-electron chi connectivity index (χ0n) is 18.4. The molecule has 0 saturated carbocycles. The molecule has 2 atom stereocenters. The fourth-order valence-electron chi connectivity index (χ4n) is 4.27. The third-order valence-corrected chi connectivity index (χ3v) is 5.93. The van der Waals surface area contributed by atoms with E-state index in [1.54, 1.807) is 25.1 Å². The summed E-state index contributed by atoms with van der Waals surface area (Å²) in [7, 11) is 0. The third-order valence-electron chi connectivity index (χ3n) is 5.93. The van der Waals surface area contributed by atoms with Gasteiger partial charge in [-0.2, -0.15) is 0 Å². The van der Waals surface area contributed by atoms with Crippen LogP contribution in [0.5, 0.6) is 0 Å². The average molecular weight is 442 g/mol. The van der Waals surface area contributed by atoms with Crippen LogP contribution in [0.1, 0.15) is 37.6 Å². The number of pyridine rings is 1. The molecule has 9 heteroatoms. The Morgan fingerprint density at radius 2 is 2.19 bits per heavy atom. The number of nitrogens with zero attached hydrogens (tertiary/aromatic N) is 3. The molecule has 2 aromatic heterocycles. The van der Waals surface area contributed by atoms with Gasteiger partial charge in [-0.05, 0) is 39.3 Å². The molecule has 170 valence electrons. The Morgan fingerprint density at radius 1 is 1.41 bits per heavy atom. The maximum absolute atomic E-state index is 14.7. The summed E-state index contributed by atoms with van der Waals surface area (Å²) >= 11 is 0. The second-order valence-electron chi connectivity index (χ2n) is 8.37. The quantitative estimate of drug-likeness (QED) is 0.557. The smallest absolute Gasteiger partial charge is 0.223 e. The summed E-state index contributed by atoms with van der Waals surface area (Å²) in [6, 6.07) is 4.94. The average Bonchev–Trinajstić information content (AvgIpc) is 2.78. The van der Waals surface area contributed by atoms with Crippen LogP contribution in [-0.4, -0.2) is 45.0 Å². The van der Waals surface area contributed by atoms with Crippen molar-refractivity contribution in [2.24, 2.45) is 5.73 Å². The first kappa shape index (κ1) is 22.3.